The van der Waals surface area contributed by atoms with E-state index in [0.717, 1.165) is 15.4 Å². The number of rotatable bonds is 4. The molecule has 2 heterocycles. The summed E-state index contributed by atoms with van der Waals surface area (Å²) in [4.78, 5) is 1.25. The molecule has 17 heavy (non-hydrogen) atoms. The molecule has 1 N–H and O–H groups in total. The van der Waals surface area contributed by atoms with Crippen molar-refractivity contribution in [2.45, 2.75) is 13.0 Å². The van der Waals surface area contributed by atoms with E-state index in [-0.39, 0.29) is 6.04 Å². The van der Waals surface area contributed by atoms with Crippen LogP contribution in [0.4, 0.5) is 0 Å². The maximum Gasteiger partial charge on any atom is 0.0888 e. The second kappa shape index (κ2) is 6.34. The van der Waals surface area contributed by atoms with Gasteiger partial charge in [0.25, 0.3) is 0 Å². The van der Waals surface area contributed by atoms with Crippen LogP contribution in [0, 0.1) is 2.88 Å². The molecule has 0 aliphatic heterocycles. The van der Waals surface area contributed by atoms with Gasteiger partial charge in [-0.3, -0.25) is 0 Å². The molecule has 0 aliphatic carbocycles. The van der Waals surface area contributed by atoms with Crippen LogP contribution in [0.15, 0.2) is 21.3 Å². The molecule has 0 radical (unpaired) electrons. The maximum absolute atomic E-state index is 6.10. The van der Waals surface area contributed by atoms with Crippen LogP contribution in [0.25, 0.3) is 0 Å². The van der Waals surface area contributed by atoms with Crippen LogP contribution in [0.3, 0.4) is 0 Å². The van der Waals surface area contributed by atoms with Crippen molar-refractivity contribution in [3.63, 3.8) is 0 Å². The summed E-state index contributed by atoms with van der Waals surface area (Å²) in [6.45, 7) is 3.05. The molecule has 0 aliphatic rings. The molecular weight excluding hydrogens is 453 g/mol. The summed E-state index contributed by atoms with van der Waals surface area (Å²) in [5, 5.41) is 6.50. The lowest BCUT2D eigenvalue weighted by atomic mass is 10.1. The first kappa shape index (κ1) is 14.3. The van der Waals surface area contributed by atoms with E-state index < -0.39 is 0 Å². The predicted octanol–water partition coefficient (Wildman–Crippen LogP) is 5.53. The third-order valence-electron chi connectivity index (χ3n) is 2.28. The zero-order valence-electron chi connectivity index (χ0n) is 8.97. The van der Waals surface area contributed by atoms with Gasteiger partial charge in [-0.15, -0.1) is 22.7 Å². The molecule has 1 unspecified atom stereocenters. The second-order valence-electron chi connectivity index (χ2n) is 3.45. The Kier molecular flexibility index (Phi) is 5.32. The van der Waals surface area contributed by atoms with E-state index in [1.165, 1.54) is 13.3 Å². The van der Waals surface area contributed by atoms with Crippen molar-refractivity contribution in [2.75, 3.05) is 6.54 Å². The molecule has 0 fully saturated rings. The highest BCUT2D eigenvalue weighted by Crippen LogP contribution is 2.38. The molecule has 1 nitrogen and oxygen atoms in total. The zero-order valence-corrected chi connectivity index (χ0v) is 15.1. The molecule has 0 aromatic carbocycles. The molecule has 0 saturated heterocycles. The first-order valence-electron chi connectivity index (χ1n) is 5.04. The van der Waals surface area contributed by atoms with Crippen LogP contribution in [-0.4, -0.2) is 6.54 Å². The van der Waals surface area contributed by atoms with Gasteiger partial charge < -0.3 is 5.32 Å². The van der Waals surface area contributed by atoms with Crippen LogP contribution in [0.5, 0.6) is 0 Å². The molecule has 92 valence electrons. The van der Waals surface area contributed by atoms with Crippen molar-refractivity contribution in [2.24, 2.45) is 0 Å². The highest BCUT2D eigenvalue weighted by Gasteiger charge is 2.18. The fourth-order valence-corrected chi connectivity index (χ4v) is 4.82. The van der Waals surface area contributed by atoms with E-state index in [1.807, 2.05) is 6.07 Å². The summed E-state index contributed by atoms with van der Waals surface area (Å²) >= 11 is 15.4. The Hall–Kier alpha value is 0.860. The van der Waals surface area contributed by atoms with E-state index in [2.05, 4.69) is 62.2 Å². The molecule has 0 amide bonds. The van der Waals surface area contributed by atoms with Crippen LogP contribution in [0.1, 0.15) is 23.4 Å². The van der Waals surface area contributed by atoms with E-state index in [1.54, 1.807) is 22.7 Å². The standard InChI is InChI=1S/C11H10BrClINS2/c1-2-15-10(6-3-9(14)16-5-6)8-4-7(13)11(12)17-8/h3-5,10,15H,2H2,1H3. The smallest absolute Gasteiger partial charge is 0.0888 e. The number of hydrogen-bond donors (Lipinski definition) is 1. The number of halogens is 3. The molecule has 0 bridgehead atoms. The van der Waals surface area contributed by atoms with Gasteiger partial charge in [-0.1, -0.05) is 18.5 Å². The Labute approximate surface area is 136 Å². The van der Waals surface area contributed by atoms with Crippen LogP contribution in [-0.2, 0) is 0 Å². The monoisotopic (exact) mass is 461 g/mol. The molecule has 2 rings (SSSR count). The van der Waals surface area contributed by atoms with Crippen molar-refractivity contribution in [1.29, 1.82) is 0 Å². The van der Waals surface area contributed by atoms with Gasteiger partial charge in [-0.2, -0.15) is 0 Å². The minimum atomic E-state index is 0.244. The Morgan fingerprint density at radius 1 is 1.53 bits per heavy atom. The van der Waals surface area contributed by atoms with Gasteiger partial charge in [0.2, 0.25) is 0 Å². The summed E-state index contributed by atoms with van der Waals surface area (Å²) in [7, 11) is 0. The van der Waals surface area contributed by atoms with Gasteiger partial charge in [-0.25, -0.2) is 0 Å². The Bertz CT molecular complexity index is 492. The molecule has 1 atom stereocenters. The SMILES string of the molecule is CCNC(c1csc(I)c1)c1cc(Cl)c(Br)s1. The maximum atomic E-state index is 6.10. The molecule has 0 saturated carbocycles. The van der Waals surface area contributed by atoms with Crippen molar-refractivity contribution in [1.82, 2.24) is 5.32 Å². The summed E-state index contributed by atoms with van der Waals surface area (Å²) in [6.07, 6.45) is 0. The molecule has 2 aromatic rings. The van der Waals surface area contributed by atoms with E-state index in [0.29, 0.717) is 0 Å². The van der Waals surface area contributed by atoms with Crippen molar-refractivity contribution in [3.8, 4) is 0 Å². The predicted molar refractivity (Wildman–Crippen MR) is 89.6 cm³/mol. The fraction of sp³-hybridized carbons (Fsp3) is 0.273. The van der Waals surface area contributed by atoms with Crippen LogP contribution >= 0.6 is 72.8 Å². The molecule has 0 spiro atoms. The zero-order chi connectivity index (χ0) is 12.4. The molecule has 2 aromatic heterocycles. The molecule has 6 heteroatoms. The quantitative estimate of drug-likeness (QED) is 0.589. The minimum absolute atomic E-state index is 0.244. The number of thiophene rings is 2. The van der Waals surface area contributed by atoms with Gasteiger partial charge in [0.1, 0.15) is 0 Å². The van der Waals surface area contributed by atoms with Gasteiger partial charge in [-0.05, 0) is 68.1 Å². The Morgan fingerprint density at radius 2 is 2.29 bits per heavy atom. The third kappa shape index (κ3) is 3.45. The lowest BCUT2D eigenvalue weighted by Crippen LogP contribution is -2.20. The van der Waals surface area contributed by atoms with Gasteiger partial charge in [0.15, 0.2) is 0 Å². The summed E-state index contributed by atoms with van der Waals surface area (Å²) < 4.78 is 2.31. The van der Waals surface area contributed by atoms with E-state index >= 15 is 0 Å². The second-order valence-corrected chi connectivity index (χ2v) is 9.06. The topological polar surface area (TPSA) is 12.0 Å². The van der Waals surface area contributed by atoms with Crippen molar-refractivity contribution in [3.05, 3.63) is 39.6 Å². The number of nitrogens with one attached hydrogen (secondary N) is 1. The first-order valence-corrected chi connectivity index (χ1v) is 8.98. The fourth-order valence-electron chi connectivity index (χ4n) is 1.57. The third-order valence-corrected chi connectivity index (χ3v) is 6.62. The normalized spacial score (nSPS) is 12.9. The first-order chi connectivity index (χ1) is 8.11. The van der Waals surface area contributed by atoms with E-state index in [4.69, 9.17) is 11.6 Å². The summed E-state index contributed by atoms with van der Waals surface area (Å²) in [5.41, 5.74) is 1.31. The average Bonchev–Trinajstić information content (AvgIpc) is 2.83. The Balaban J connectivity index is 2.34. The number of hydrogen-bond acceptors (Lipinski definition) is 3. The van der Waals surface area contributed by atoms with Crippen LogP contribution in [0.2, 0.25) is 5.02 Å². The van der Waals surface area contributed by atoms with Crippen LogP contribution < -0.4 is 5.32 Å². The van der Waals surface area contributed by atoms with Crippen molar-refractivity contribution >= 4 is 72.8 Å². The highest BCUT2D eigenvalue weighted by molar-refractivity contribution is 14.1. The largest absolute Gasteiger partial charge is 0.306 e. The lowest BCUT2D eigenvalue weighted by Gasteiger charge is -2.14. The lowest BCUT2D eigenvalue weighted by molar-refractivity contribution is 0.641. The summed E-state index contributed by atoms with van der Waals surface area (Å²) in [5.74, 6) is 0. The Morgan fingerprint density at radius 3 is 2.76 bits per heavy atom. The van der Waals surface area contributed by atoms with Gasteiger partial charge >= 0.3 is 0 Å². The van der Waals surface area contributed by atoms with E-state index in [9.17, 15) is 0 Å². The summed E-state index contributed by atoms with van der Waals surface area (Å²) in [6, 6.07) is 4.50. The average molecular weight is 463 g/mol. The van der Waals surface area contributed by atoms with Gasteiger partial charge in [0.05, 0.1) is 17.7 Å². The highest BCUT2D eigenvalue weighted by atomic mass is 127. The van der Waals surface area contributed by atoms with Crippen molar-refractivity contribution < 1.29 is 0 Å². The molecular formula is C11H10BrClINS2. The van der Waals surface area contributed by atoms with Gasteiger partial charge in [0, 0.05) is 4.88 Å². The minimum Gasteiger partial charge on any atom is -0.306 e.